The number of rotatable bonds is 10. The number of thiazole rings is 1. The highest BCUT2D eigenvalue weighted by Crippen LogP contribution is 2.33. The first-order valence-corrected chi connectivity index (χ1v) is 16.5. The second-order valence-corrected chi connectivity index (χ2v) is 13.6. The molecule has 4 aromatic rings. The molecule has 2 aliphatic heterocycles. The van der Waals surface area contributed by atoms with Crippen molar-refractivity contribution >= 4 is 36.7 Å². The van der Waals surface area contributed by atoms with Crippen molar-refractivity contribution in [2.45, 2.75) is 32.4 Å². The smallest absolute Gasteiger partial charge is 0.213 e. The van der Waals surface area contributed by atoms with E-state index in [0.29, 0.717) is 24.6 Å². The summed E-state index contributed by atoms with van der Waals surface area (Å²) >= 11 is 1.54. The molecule has 1 N–H and O–H groups in total. The number of pyridine rings is 1. The number of benzene rings is 1. The molecule has 2 aliphatic rings. The lowest BCUT2D eigenvalue weighted by Gasteiger charge is -2.31. The van der Waals surface area contributed by atoms with E-state index in [0.717, 1.165) is 78.8 Å². The van der Waals surface area contributed by atoms with Crippen molar-refractivity contribution in [3.63, 3.8) is 0 Å². The Balaban J connectivity index is 1.09. The molecule has 2 fully saturated rings. The van der Waals surface area contributed by atoms with Gasteiger partial charge in [0.1, 0.15) is 11.5 Å². The van der Waals surface area contributed by atoms with Crippen LogP contribution in [0.1, 0.15) is 19.8 Å². The first-order chi connectivity index (χ1) is 19.9. The molecule has 5 heterocycles. The van der Waals surface area contributed by atoms with Gasteiger partial charge in [0.05, 0.1) is 47.6 Å². The summed E-state index contributed by atoms with van der Waals surface area (Å²) in [5.41, 5.74) is 2.62. The number of piperidine rings is 1. The Morgan fingerprint density at radius 3 is 2.83 bits per heavy atom. The lowest BCUT2D eigenvalue weighted by molar-refractivity contribution is 0.0360. The zero-order valence-corrected chi connectivity index (χ0v) is 24.7. The van der Waals surface area contributed by atoms with Crippen LogP contribution in [0, 0.1) is 0 Å². The van der Waals surface area contributed by atoms with E-state index in [9.17, 15) is 8.42 Å². The number of morpholine rings is 1. The Morgan fingerprint density at radius 1 is 1.12 bits per heavy atom. The monoisotopic (exact) mass is 597 g/mol. The minimum atomic E-state index is -3.19. The number of hydrogen-bond donors (Lipinski definition) is 1. The molecule has 1 unspecified atom stereocenters. The van der Waals surface area contributed by atoms with Crippen LogP contribution in [0.5, 0.6) is 11.5 Å². The maximum absolute atomic E-state index is 12.3. The molecule has 0 aliphatic carbocycles. The second kappa shape index (κ2) is 12.4. The summed E-state index contributed by atoms with van der Waals surface area (Å²) in [6.07, 6.45) is 7.36. The molecule has 11 nitrogen and oxygen atoms in total. The molecule has 1 atom stereocenters. The van der Waals surface area contributed by atoms with E-state index in [1.165, 1.54) is 0 Å². The van der Waals surface area contributed by atoms with Crippen LogP contribution in [0.2, 0.25) is 0 Å². The predicted molar refractivity (Wildman–Crippen MR) is 160 cm³/mol. The first-order valence-electron chi connectivity index (χ1n) is 14.1. The average Bonchev–Trinajstić information content (AvgIpc) is 3.63. The van der Waals surface area contributed by atoms with E-state index in [-0.39, 0.29) is 11.8 Å². The van der Waals surface area contributed by atoms with Crippen LogP contribution in [0.4, 0.5) is 5.13 Å². The minimum absolute atomic E-state index is 0.0420. The Bertz CT molecular complexity index is 1580. The maximum atomic E-state index is 12.3. The molecular formula is C28H35N7O4S2. The zero-order valence-electron chi connectivity index (χ0n) is 23.1. The predicted octanol–water partition coefficient (Wildman–Crippen LogP) is 3.91. The summed E-state index contributed by atoms with van der Waals surface area (Å²) in [4.78, 5) is 11.6. The Hall–Kier alpha value is -3.10. The Labute approximate surface area is 244 Å². The van der Waals surface area contributed by atoms with Crippen LogP contribution in [0.3, 0.4) is 0 Å². The third-order valence-corrected chi connectivity index (χ3v) is 10.3. The Kier molecular flexibility index (Phi) is 8.49. The van der Waals surface area contributed by atoms with Crippen LogP contribution >= 0.6 is 11.3 Å². The number of nitrogens with one attached hydrogen (secondary N) is 1. The number of ether oxygens (including phenoxy) is 2. The number of anilines is 1. The quantitative estimate of drug-likeness (QED) is 0.291. The molecule has 1 aromatic carbocycles. The van der Waals surface area contributed by atoms with Crippen molar-refractivity contribution in [2.75, 3.05) is 57.0 Å². The van der Waals surface area contributed by atoms with Gasteiger partial charge in [-0.15, -0.1) is 0 Å². The summed E-state index contributed by atoms with van der Waals surface area (Å²) < 4.78 is 40.8. The standard InChI is InChI=1S/C28H35N7O4S2/c1-2-41(36,37)35-9-3-4-22(20-35)31-28-32-25-6-5-23(17-27(25)40-28)39-24-7-8-29-26(16-24)21-18-30-34(19-21)11-10-33-12-14-38-15-13-33/h5-8,16-19,22H,2-4,9-15,20H2,1H3,(H,31,32). The third-order valence-electron chi connectivity index (χ3n) is 7.47. The summed E-state index contributed by atoms with van der Waals surface area (Å²) in [5, 5.41) is 8.77. The second-order valence-electron chi connectivity index (χ2n) is 10.3. The van der Waals surface area contributed by atoms with Gasteiger partial charge in [0.2, 0.25) is 10.0 Å². The fourth-order valence-electron chi connectivity index (χ4n) is 5.16. The van der Waals surface area contributed by atoms with Crippen LogP contribution in [-0.4, -0.2) is 95.1 Å². The van der Waals surface area contributed by atoms with Crippen LogP contribution in [-0.2, 0) is 21.3 Å². The van der Waals surface area contributed by atoms with Gasteiger partial charge in [0.25, 0.3) is 0 Å². The van der Waals surface area contributed by atoms with Crippen LogP contribution < -0.4 is 10.1 Å². The number of aromatic nitrogens is 4. The molecule has 2 saturated heterocycles. The van der Waals surface area contributed by atoms with Gasteiger partial charge < -0.3 is 14.8 Å². The topological polar surface area (TPSA) is 115 Å². The lowest BCUT2D eigenvalue weighted by atomic mass is 10.1. The van der Waals surface area contributed by atoms with Crippen molar-refractivity contribution in [2.24, 2.45) is 0 Å². The summed E-state index contributed by atoms with van der Waals surface area (Å²) in [6.45, 7) is 8.02. The fourth-order valence-corrected chi connectivity index (χ4v) is 7.31. The molecule has 218 valence electrons. The zero-order chi connectivity index (χ0) is 28.2. The van der Waals surface area contributed by atoms with E-state index in [1.807, 2.05) is 47.4 Å². The van der Waals surface area contributed by atoms with Gasteiger partial charge in [-0.1, -0.05) is 11.3 Å². The van der Waals surface area contributed by atoms with Crippen molar-refractivity contribution in [3.05, 3.63) is 48.9 Å². The number of fused-ring (bicyclic) bond motifs is 1. The molecule has 0 saturated carbocycles. The molecular weight excluding hydrogens is 562 g/mol. The molecule has 0 bridgehead atoms. The van der Waals surface area contributed by atoms with E-state index in [2.05, 4.69) is 20.3 Å². The van der Waals surface area contributed by atoms with Gasteiger partial charge in [-0.2, -0.15) is 9.40 Å². The highest BCUT2D eigenvalue weighted by molar-refractivity contribution is 7.89. The fraction of sp³-hybridized carbons (Fsp3) is 0.464. The molecule has 6 rings (SSSR count). The van der Waals surface area contributed by atoms with Crippen molar-refractivity contribution in [3.8, 4) is 22.8 Å². The number of sulfonamides is 1. The molecule has 3 aromatic heterocycles. The normalized spacial score (nSPS) is 19.0. The largest absolute Gasteiger partial charge is 0.457 e. The van der Waals surface area contributed by atoms with Gasteiger partial charge in [0.15, 0.2) is 5.13 Å². The Morgan fingerprint density at radius 2 is 1.98 bits per heavy atom. The van der Waals surface area contributed by atoms with Crippen molar-refractivity contribution in [1.29, 1.82) is 0 Å². The van der Waals surface area contributed by atoms with Gasteiger partial charge in [-0.3, -0.25) is 14.6 Å². The average molecular weight is 598 g/mol. The molecule has 0 spiro atoms. The highest BCUT2D eigenvalue weighted by atomic mass is 32.2. The SMILES string of the molecule is CCS(=O)(=O)N1CCCC(Nc2nc3ccc(Oc4ccnc(-c5cnn(CCN6CCOCC6)c5)c4)cc3s2)C1. The number of hydrogen-bond acceptors (Lipinski definition) is 10. The van der Waals surface area contributed by atoms with Crippen molar-refractivity contribution in [1.82, 2.24) is 29.0 Å². The molecule has 13 heteroatoms. The maximum Gasteiger partial charge on any atom is 0.213 e. The summed E-state index contributed by atoms with van der Waals surface area (Å²) in [6, 6.07) is 9.64. The van der Waals surface area contributed by atoms with Crippen LogP contribution in [0.15, 0.2) is 48.9 Å². The van der Waals surface area contributed by atoms with Gasteiger partial charge in [0, 0.05) is 68.9 Å². The molecule has 0 radical (unpaired) electrons. The highest BCUT2D eigenvalue weighted by Gasteiger charge is 2.28. The third kappa shape index (κ3) is 6.87. The van der Waals surface area contributed by atoms with E-state index >= 15 is 0 Å². The van der Waals surface area contributed by atoms with E-state index in [1.54, 1.807) is 28.8 Å². The van der Waals surface area contributed by atoms with Crippen molar-refractivity contribution < 1.29 is 17.9 Å². The lowest BCUT2D eigenvalue weighted by Crippen LogP contribution is -2.45. The minimum Gasteiger partial charge on any atom is -0.457 e. The summed E-state index contributed by atoms with van der Waals surface area (Å²) in [5.74, 6) is 1.53. The molecule has 41 heavy (non-hydrogen) atoms. The first kappa shape index (κ1) is 28.0. The molecule has 0 amide bonds. The van der Waals surface area contributed by atoms with Gasteiger partial charge in [-0.05, 0) is 38.0 Å². The van der Waals surface area contributed by atoms with Gasteiger partial charge >= 0.3 is 0 Å². The van der Waals surface area contributed by atoms with Crippen LogP contribution in [0.25, 0.3) is 21.5 Å². The summed E-state index contributed by atoms with van der Waals surface area (Å²) in [7, 11) is -3.19. The van der Waals surface area contributed by atoms with E-state index in [4.69, 9.17) is 14.5 Å². The van der Waals surface area contributed by atoms with E-state index < -0.39 is 10.0 Å². The van der Waals surface area contributed by atoms with Gasteiger partial charge in [-0.25, -0.2) is 13.4 Å². The number of nitrogens with zero attached hydrogens (tertiary/aromatic N) is 6.